The molecule has 0 radical (unpaired) electrons. The molecule has 21 heavy (non-hydrogen) atoms. The number of carbonyl (C=O) groups is 1. The van der Waals surface area contributed by atoms with E-state index in [2.05, 4.69) is 10.1 Å². The molecule has 7 heteroatoms. The Kier molecular flexibility index (Phi) is 4.52. The Morgan fingerprint density at radius 3 is 2.57 bits per heavy atom. The Bertz CT molecular complexity index is 670. The topological polar surface area (TPSA) is 73.0 Å². The highest BCUT2D eigenvalue weighted by molar-refractivity contribution is 5.75. The molecule has 2 aromatic heterocycles. The van der Waals surface area contributed by atoms with Crippen molar-refractivity contribution in [2.24, 2.45) is 7.05 Å². The number of carbonyl (C=O) groups excluding carboxylic acids is 1. The van der Waals surface area contributed by atoms with Crippen molar-refractivity contribution in [1.29, 1.82) is 0 Å². The van der Waals surface area contributed by atoms with Crippen LogP contribution in [0.4, 0.5) is 0 Å². The van der Waals surface area contributed by atoms with Gasteiger partial charge in [0.05, 0.1) is 0 Å². The molecule has 0 N–H and O–H groups in total. The van der Waals surface area contributed by atoms with E-state index in [4.69, 9.17) is 0 Å². The second-order valence-corrected chi connectivity index (χ2v) is 4.60. The zero-order valence-corrected chi connectivity index (χ0v) is 12.5. The average molecular weight is 289 g/mol. The van der Waals surface area contributed by atoms with Crippen LogP contribution in [-0.4, -0.2) is 43.2 Å². The number of amides is 1. The first-order chi connectivity index (χ1) is 10.1. The maximum absolute atomic E-state index is 12.2. The van der Waals surface area contributed by atoms with E-state index in [0.717, 1.165) is 0 Å². The minimum absolute atomic E-state index is 0.0544. The number of hydrogen-bond acceptors (Lipinski definition) is 4. The standard InChI is InChI=1S/C14H19N5O2/c1-4-18(5-2)12(20)10-19-14(21)17(3)13(16-19)11-8-6-7-9-15-11/h6-9H,4-5,10H2,1-3H3. The van der Waals surface area contributed by atoms with Gasteiger partial charge in [0, 0.05) is 26.3 Å². The van der Waals surface area contributed by atoms with Crippen LogP contribution >= 0.6 is 0 Å². The Morgan fingerprint density at radius 1 is 1.29 bits per heavy atom. The summed E-state index contributed by atoms with van der Waals surface area (Å²) < 4.78 is 2.59. The van der Waals surface area contributed by atoms with E-state index in [-0.39, 0.29) is 18.1 Å². The quantitative estimate of drug-likeness (QED) is 0.804. The molecule has 0 bridgehead atoms. The summed E-state index contributed by atoms with van der Waals surface area (Å²) in [7, 11) is 1.62. The lowest BCUT2D eigenvalue weighted by molar-refractivity contribution is -0.131. The molecule has 0 unspecified atom stereocenters. The summed E-state index contributed by atoms with van der Waals surface area (Å²) in [5.41, 5.74) is 0.280. The van der Waals surface area contributed by atoms with Crippen LogP contribution in [0.5, 0.6) is 0 Å². The second kappa shape index (κ2) is 6.34. The van der Waals surface area contributed by atoms with Gasteiger partial charge in [-0.05, 0) is 26.0 Å². The molecule has 112 valence electrons. The number of likely N-dealkylation sites (N-methyl/N-ethyl adjacent to an activating group) is 1. The summed E-state index contributed by atoms with van der Waals surface area (Å²) in [6.45, 7) is 4.99. The molecule has 2 aromatic rings. The number of hydrogen-bond donors (Lipinski definition) is 0. The first-order valence-electron chi connectivity index (χ1n) is 6.91. The molecule has 2 rings (SSSR count). The van der Waals surface area contributed by atoms with Crippen molar-refractivity contribution in [3.05, 3.63) is 34.9 Å². The number of nitrogens with zero attached hydrogens (tertiary/aromatic N) is 5. The van der Waals surface area contributed by atoms with Crippen molar-refractivity contribution in [2.45, 2.75) is 20.4 Å². The molecule has 0 aliphatic rings. The van der Waals surface area contributed by atoms with Crippen LogP contribution < -0.4 is 5.69 Å². The minimum Gasteiger partial charge on any atom is -0.342 e. The van der Waals surface area contributed by atoms with E-state index >= 15 is 0 Å². The van der Waals surface area contributed by atoms with Crippen LogP contribution in [0, 0.1) is 0 Å². The number of pyridine rings is 1. The predicted octanol–water partition coefficient (Wildman–Crippen LogP) is 0.512. The highest BCUT2D eigenvalue weighted by Crippen LogP contribution is 2.10. The first kappa shape index (κ1) is 15.0. The fourth-order valence-electron chi connectivity index (χ4n) is 2.11. The Labute approximate surface area is 122 Å². The van der Waals surface area contributed by atoms with Gasteiger partial charge in [0.1, 0.15) is 12.2 Å². The summed E-state index contributed by atoms with van der Waals surface area (Å²) >= 11 is 0. The molecule has 0 aliphatic heterocycles. The van der Waals surface area contributed by atoms with Crippen LogP contribution in [-0.2, 0) is 18.4 Å². The largest absolute Gasteiger partial charge is 0.346 e. The van der Waals surface area contributed by atoms with Crippen LogP contribution in [0.25, 0.3) is 11.5 Å². The molecule has 1 amide bonds. The smallest absolute Gasteiger partial charge is 0.342 e. The fraction of sp³-hybridized carbons (Fsp3) is 0.429. The zero-order valence-electron chi connectivity index (χ0n) is 12.5. The van der Waals surface area contributed by atoms with Crippen LogP contribution in [0.1, 0.15) is 13.8 Å². The monoisotopic (exact) mass is 289 g/mol. The molecule has 0 aromatic carbocycles. The molecule has 0 spiro atoms. The molecule has 7 nitrogen and oxygen atoms in total. The van der Waals surface area contributed by atoms with Gasteiger partial charge >= 0.3 is 5.69 Å². The first-order valence-corrected chi connectivity index (χ1v) is 6.91. The van der Waals surface area contributed by atoms with E-state index in [1.165, 1.54) is 9.25 Å². The molecular weight excluding hydrogens is 270 g/mol. The van der Waals surface area contributed by atoms with Gasteiger partial charge in [-0.1, -0.05) is 6.07 Å². The second-order valence-electron chi connectivity index (χ2n) is 4.60. The van der Waals surface area contributed by atoms with Crippen molar-refractivity contribution in [3.8, 4) is 11.5 Å². The van der Waals surface area contributed by atoms with Gasteiger partial charge < -0.3 is 4.90 Å². The van der Waals surface area contributed by atoms with Gasteiger partial charge in [-0.2, -0.15) is 0 Å². The third kappa shape index (κ3) is 3.01. The van der Waals surface area contributed by atoms with Crippen molar-refractivity contribution in [2.75, 3.05) is 13.1 Å². The average Bonchev–Trinajstić information content (AvgIpc) is 2.78. The predicted molar refractivity (Wildman–Crippen MR) is 78.6 cm³/mol. The minimum atomic E-state index is -0.323. The number of aromatic nitrogens is 4. The van der Waals surface area contributed by atoms with E-state index in [1.807, 2.05) is 19.9 Å². The lowest BCUT2D eigenvalue weighted by Crippen LogP contribution is -2.36. The highest BCUT2D eigenvalue weighted by Gasteiger charge is 2.17. The highest BCUT2D eigenvalue weighted by atomic mass is 16.2. The van der Waals surface area contributed by atoms with Crippen molar-refractivity contribution in [1.82, 2.24) is 24.2 Å². The maximum atomic E-state index is 12.2. The fourth-order valence-corrected chi connectivity index (χ4v) is 2.11. The van der Waals surface area contributed by atoms with Crippen LogP contribution in [0.2, 0.25) is 0 Å². The van der Waals surface area contributed by atoms with Crippen LogP contribution in [0.3, 0.4) is 0 Å². The normalized spacial score (nSPS) is 10.6. The SMILES string of the molecule is CCN(CC)C(=O)Cn1nc(-c2ccccn2)n(C)c1=O. The summed E-state index contributed by atoms with van der Waals surface area (Å²) in [6, 6.07) is 5.40. The summed E-state index contributed by atoms with van der Waals surface area (Å²) in [5.74, 6) is 0.334. The third-order valence-corrected chi connectivity index (χ3v) is 3.34. The van der Waals surface area contributed by atoms with E-state index in [9.17, 15) is 9.59 Å². The van der Waals surface area contributed by atoms with Gasteiger partial charge in [-0.15, -0.1) is 5.10 Å². The maximum Gasteiger partial charge on any atom is 0.346 e. The van der Waals surface area contributed by atoms with E-state index < -0.39 is 0 Å². The lowest BCUT2D eigenvalue weighted by Gasteiger charge is -2.17. The van der Waals surface area contributed by atoms with Crippen LogP contribution in [0.15, 0.2) is 29.2 Å². The Balaban J connectivity index is 2.31. The zero-order chi connectivity index (χ0) is 15.4. The molecule has 0 fully saturated rings. The summed E-state index contributed by atoms with van der Waals surface area (Å²) in [6.07, 6.45) is 1.64. The van der Waals surface area contributed by atoms with E-state index in [0.29, 0.717) is 24.6 Å². The molecule has 0 saturated carbocycles. The number of rotatable bonds is 5. The van der Waals surface area contributed by atoms with E-state index in [1.54, 1.807) is 30.3 Å². The van der Waals surface area contributed by atoms with Crippen molar-refractivity contribution in [3.63, 3.8) is 0 Å². The van der Waals surface area contributed by atoms with Gasteiger partial charge in [0.15, 0.2) is 5.82 Å². The van der Waals surface area contributed by atoms with Gasteiger partial charge in [-0.3, -0.25) is 14.3 Å². The molecule has 0 aliphatic carbocycles. The Morgan fingerprint density at radius 2 is 2.00 bits per heavy atom. The van der Waals surface area contributed by atoms with Gasteiger partial charge in [0.2, 0.25) is 5.91 Å². The van der Waals surface area contributed by atoms with Crippen molar-refractivity contribution < 1.29 is 4.79 Å². The Hall–Kier alpha value is -2.44. The summed E-state index contributed by atoms with van der Waals surface area (Å²) in [4.78, 5) is 30.1. The lowest BCUT2D eigenvalue weighted by atomic mass is 10.3. The third-order valence-electron chi connectivity index (χ3n) is 3.34. The molecule has 0 saturated heterocycles. The van der Waals surface area contributed by atoms with Gasteiger partial charge in [-0.25, -0.2) is 9.48 Å². The van der Waals surface area contributed by atoms with Crippen molar-refractivity contribution >= 4 is 5.91 Å². The van der Waals surface area contributed by atoms with Gasteiger partial charge in [0.25, 0.3) is 0 Å². The molecular formula is C14H19N5O2. The molecule has 2 heterocycles. The summed E-state index contributed by atoms with van der Waals surface area (Å²) in [5, 5.41) is 4.23. The molecule has 0 atom stereocenters.